The number of hydrogen-bond acceptors (Lipinski definition) is 3. The number of hydrogen-bond donors (Lipinski definition) is 0. The highest BCUT2D eigenvalue weighted by Crippen LogP contribution is 2.43. The van der Waals surface area contributed by atoms with E-state index in [-0.39, 0.29) is 5.41 Å². The lowest BCUT2D eigenvalue weighted by atomic mass is 9.82. The van der Waals surface area contributed by atoms with Crippen molar-refractivity contribution in [2.45, 2.75) is 46.5 Å². The van der Waals surface area contributed by atoms with Crippen molar-refractivity contribution >= 4 is 43.2 Å². The van der Waals surface area contributed by atoms with Crippen LogP contribution in [-0.4, -0.2) is 4.98 Å². The van der Waals surface area contributed by atoms with Crippen LogP contribution in [-0.2, 0) is 11.8 Å². The minimum absolute atomic E-state index is 0.0360. The lowest BCUT2D eigenvalue weighted by Gasteiger charge is -2.22. The molecule has 0 aliphatic rings. The van der Waals surface area contributed by atoms with Crippen LogP contribution in [0.1, 0.15) is 45.7 Å². The molecule has 180 valence electrons. The number of aromatic nitrogens is 1. The molecule has 2 nitrogen and oxygen atoms in total. The van der Waals surface area contributed by atoms with Gasteiger partial charge < -0.3 is 4.42 Å². The van der Waals surface area contributed by atoms with Crippen LogP contribution in [0.4, 0.5) is 0 Å². The van der Waals surface area contributed by atoms with Crippen molar-refractivity contribution in [2.75, 3.05) is 0 Å². The van der Waals surface area contributed by atoms with Gasteiger partial charge in [-0.1, -0.05) is 71.0 Å². The molecule has 3 heterocycles. The van der Waals surface area contributed by atoms with Gasteiger partial charge in [-0.3, -0.25) is 4.98 Å². The molecule has 0 saturated carbocycles. The zero-order chi connectivity index (χ0) is 25.0. The van der Waals surface area contributed by atoms with Crippen molar-refractivity contribution in [2.24, 2.45) is 5.92 Å². The van der Waals surface area contributed by atoms with Gasteiger partial charge in [0.05, 0.1) is 10.4 Å². The molecule has 0 saturated heterocycles. The number of thiophene rings is 1. The van der Waals surface area contributed by atoms with Gasteiger partial charge in [0.25, 0.3) is 0 Å². The Balaban J connectivity index is 1.50. The minimum Gasteiger partial charge on any atom is -0.464 e. The molecule has 3 aromatic heterocycles. The summed E-state index contributed by atoms with van der Waals surface area (Å²) in [5, 5.41) is 4.96. The Kier molecular flexibility index (Phi) is 5.49. The molecule has 0 aliphatic heterocycles. The zero-order valence-corrected chi connectivity index (χ0v) is 22.4. The second-order valence-electron chi connectivity index (χ2n) is 11.3. The highest BCUT2D eigenvalue weighted by Gasteiger charge is 2.20. The molecular formula is C33H31NOS. The Bertz CT molecular complexity index is 1730. The molecule has 0 unspecified atom stereocenters. The monoisotopic (exact) mass is 489 g/mol. The second-order valence-corrected chi connectivity index (χ2v) is 12.3. The molecule has 36 heavy (non-hydrogen) atoms. The standard InChI is InChI=1S/C33H31NOS/c1-20(2)14-21-10-11-26-27(19-35-29(26)15-21)30-18-23-12-13-34-31(32(23)36-30)24-16-22-8-6-7-9-25(22)28(17-24)33(3,4)5/h6-13,15-20H,14H2,1-5H3. The largest absolute Gasteiger partial charge is 0.464 e. The molecule has 0 atom stereocenters. The molecule has 0 N–H and O–H groups in total. The molecule has 0 aliphatic carbocycles. The zero-order valence-electron chi connectivity index (χ0n) is 21.6. The fourth-order valence-corrected chi connectivity index (χ4v) is 6.42. The fraction of sp³-hybridized carbons (Fsp3) is 0.242. The molecule has 0 radical (unpaired) electrons. The van der Waals surface area contributed by atoms with E-state index >= 15 is 0 Å². The fourth-order valence-electron chi connectivity index (χ4n) is 5.23. The van der Waals surface area contributed by atoms with Gasteiger partial charge in [0, 0.05) is 27.6 Å². The van der Waals surface area contributed by atoms with E-state index in [1.807, 2.05) is 12.5 Å². The molecule has 0 spiro atoms. The highest BCUT2D eigenvalue weighted by atomic mass is 32.1. The van der Waals surface area contributed by atoms with Crippen molar-refractivity contribution in [1.82, 2.24) is 4.98 Å². The van der Waals surface area contributed by atoms with E-state index in [4.69, 9.17) is 9.40 Å². The normalized spacial score (nSPS) is 12.4. The quantitative estimate of drug-likeness (QED) is 0.246. The maximum Gasteiger partial charge on any atom is 0.134 e. The molecular weight excluding hydrogens is 458 g/mol. The summed E-state index contributed by atoms with van der Waals surface area (Å²) in [5.74, 6) is 0.624. The third-order valence-electron chi connectivity index (χ3n) is 6.93. The van der Waals surface area contributed by atoms with E-state index in [0.717, 1.165) is 23.3 Å². The molecule has 0 fully saturated rings. The van der Waals surface area contributed by atoms with E-state index in [2.05, 4.69) is 101 Å². The van der Waals surface area contributed by atoms with Crippen LogP contribution in [0.3, 0.4) is 0 Å². The summed E-state index contributed by atoms with van der Waals surface area (Å²) in [6, 6.07) is 24.4. The average molecular weight is 490 g/mol. The van der Waals surface area contributed by atoms with Crippen molar-refractivity contribution in [3.63, 3.8) is 0 Å². The molecule has 6 aromatic rings. The van der Waals surface area contributed by atoms with Gasteiger partial charge in [0.15, 0.2) is 0 Å². The van der Waals surface area contributed by atoms with E-state index in [1.54, 1.807) is 11.3 Å². The van der Waals surface area contributed by atoms with Gasteiger partial charge in [-0.15, -0.1) is 11.3 Å². The predicted octanol–water partition coefficient (Wildman–Crippen LogP) is 10.0. The van der Waals surface area contributed by atoms with Crippen LogP contribution in [0.2, 0.25) is 0 Å². The molecule has 0 bridgehead atoms. The highest BCUT2D eigenvalue weighted by molar-refractivity contribution is 7.22. The Morgan fingerprint density at radius 2 is 1.72 bits per heavy atom. The first kappa shape index (κ1) is 23.0. The second kappa shape index (κ2) is 8.60. The van der Waals surface area contributed by atoms with Gasteiger partial charge in [-0.25, -0.2) is 0 Å². The Labute approximate surface area is 216 Å². The Hall–Kier alpha value is -3.43. The summed E-state index contributed by atoms with van der Waals surface area (Å²) in [5.41, 5.74) is 7.05. The van der Waals surface area contributed by atoms with Crippen molar-refractivity contribution in [3.8, 4) is 21.7 Å². The SMILES string of the molecule is CC(C)Cc1ccc2c(-c3cc4ccnc(-c5cc(C(C)(C)C)c6ccccc6c5)c4s3)coc2c1. The number of nitrogens with zero attached hydrogens (tertiary/aromatic N) is 1. The van der Waals surface area contributed by atoms with E-state index in [9.17, 15) is 0 Å². The average Bonchev–Trinajstić information content (AvgIpc) is 3.46. The van der Waals surface area contributed by atoms with Crippen LogP contribution in [0.25, 0.3) is 53.5 Å². The molecule has 3 aromatic carbocycles. The van der Waals surface area contributed by atoms with Crippen molar-refractivity contribution in [3.05, 3.63) is 90.3 Å². The lowest BCUT2D eigenvalue weighted by molar-refractivity contribution is 0.596. The topological polar surface area (TPSA) is 26.0 Å². The number of rotatable bonds is 4. The van der Waals surface area contributed by atoms with Crippen LogP contribution in [0.5, 0.6) is 0 Å². The van der Waals surface area contributed by atoms with E-state index in [0.29, 0.717) is 5.92 Å². The minimum atomic E-state index is 0.0360. The summed E-state index contributed by atoms with van der Waals surface area (Å²) >= 11 is 1.80. The molecule has 6 rings (SSSR count). The summed E-state index contributed by atoms with van der Waals surface area (Å²) in [6.07, 6.45) is 4.91. The van der Waals surface area contributed by atoms with Gasteiger partial charge in [-0.2, -0.15) is 0 Å². The Morgan fingerprint density at radius 1 is 0.889 bits per heavy atom. The summed E-state index contributed by atoms with van der Waals surface area (Å²) < 4.78 is 7.25. The van der Waals surface area contributed by atoms with Crippen LogP contribution in [0.15, 0.2) is 83.6 Å². The van der Waals surface area contributed by atoms with Crippen LogP contribution >= 0.6 is 11.3 Å². The van der Waals surface area contributed by atoms with E-state index in [1.165, 1.54) is 47.8 Å². The first-order valence-electron chi connectivity index (χ1n) is 12.7. The number of furan rings is 1. The maximum absolute atomic E-state index is 6.03. The van der Waals surface area contributed by atoms with E-state index < -0.39 is 0 Å². The van der Waals surface area contributed by atoms with Crippen LogP contribution in [0, 0.1) is 5.92 Å². The summed E-state index contributed by atoms with van der Waals surface area (Å²) in [6.45, 7) is 11.4. The molecule has 3 heteroatoms. The number of fused-ring (bicyclic) bond motifs is 3. The third kappa shape index (κ3) is 4.02. The van der Waals surface area contributed by atoms with Gasteiger partial charge in [-0.05, 0) is 75.4 Å². The summed E-state index contributed by atoms with van der Waals surface area (Å²) in [4.78, 5) is 6.10. The Morgan fingerprint density at radius 3 is 2.53 bits per heavy atom. The first-order valence-corrected chi connectivity index (χ1v) is 13.5. The van der Waals surface area contributed by atoms with Gasteiger partial charge in [0.2, 0.25) is 0 Å². The first-order chi connectivity index (χ1) is 17.3. The predicted molar refractivity (Wildman–Crippen MR) is 155 cm³/mol. The summed E-state index contributed by atoms with van der Waals surface area (Å²) in [7, 11) is 0. The molecule has 0 amide bonds. The number of pyridine rings is 1. The van der Waals surface area contributed by atoms with Crippen molar-refractivity contribution in [1.29, 1.82) is 0 Å². The smallest absolute Gasteiger partial charge is 0.134 e. The van der Waals surface area contributed by atoms with Gasteiger partial charge >= 0.3 is 0 Å². The van der Waals surface area contributed by atoms with Gasteiger partial charge in [0.1, 0.15) is 11.8 Å². The van der Waals surface area contributed by atoms with Crippen LogP contribution < -0.4 is 0 Å². The number of benzene rings is 3. The third-order valence-corrected chi connectivity index (χ3v) is 8.12. The van der Waals surface area contributed by atoms with Crippen molar-refractivity contribution < 1.29 is 4.42 Å². The lowest BCUT2D eigenvalue weighted by Crippen LogP contribution is -2.12. The maximum atomic E-state index is 6.03.